The maximum Gasteiger partial charge on any atom is 0.153 e. The van der Waals surface area contributed by atoms with Crippen molar-refractivity contribution in [3.8, 4) is 5.75 Å². The molecular formula is C14H21BNO. The fourth-order valence-corrected chi connectivity index (χ4v) is 2.58. The van der Waals surface area contributed by atoms with Crippen LogP contribution >= 0.6 is 0 Å². The Hall–Kier alpha value is -0.955. The first-order valence-electron chi connectivity index (χ1n) is 6.39. The molecule has 0 aliphatic carbocycles. The Labute approximate surface area is 105 Å². The second-order valence-electron chi connectivity index (χ2n) is 5.00. The van der Waals surface area contributed by atoms with E-state index in [0.29, 0.717) is 12.0 Å². The number of benzene rings is 1. The minimum Gasteiger partial charge on any atom is -0.497 e. The summed E-state index contributed by atoms with van der Waals surface area (Å²) < 4.78 is 5.46. The van der Waals surface area contributed by atoms with E-state index < -0.39 is 0 Å². The molecule has 1 heterocycles. The predicted molar refractivity (Wildman–Crippen MR) is 73.8 cm³/mol. The van der Waals surface area contributed by atoms with Gasteiger partial charge < -0.3 is 10.1 Å². The van der Waals surface area contributed by atoms with Crippen molar-refractivity contribution in [1.82, 2.24) is 5.32 Å². The highest BCUT2D eigenvalue weighted by atomic mass is 16.5. The van der Waals surface area contributed by atoms with E-state index in [2.05, 4.69) is 45.4 Å². The Kier molecular flexibility index (Phi) is 3.77. The zero-order chi connectivity index (χ0) is 12.4. The minimum absolute atomic E-state index is 0.542. The molecule has 0 saturated carbocycles. The Morgan fingerprint density at radius 2 is 2.12 bits per heavy atom. The van der Waals surface area contributed by atoms with Gasteiger partial charge >= 0.3 is 0 Å². The molecule has 0 amide bonds. The van der Waals surface area contributed by atoms with Crippen LogP contribution in [0.25, 0.3) is 0 Å². The van der Waals surface area contributed by atoms with Crippen LogP contribution in [-0.2, 0) is 6.42 Å². The van der Waals surface area contributed by atoms with E-state index in [1.54, 1.807) is 7.11 Å². The SMILES string of the molecule is C[B]c1cc2c(cc1OC)CC(C)NCC2C. The molecule has 2 unspecified atom stereocenters. The first kappa shape index (κ1) is 12.5. The summed E-state index contributed by atoms with van der Waals surface area (Å²) in [6, 6.07) is 5.04. The predicted octanol–water partition coefficient (Wildman–Crippen LogP) is 1.71. The Bertz CT molecular complexity index is 405. The molecule has 1 radical (unpaired) electrons. The van der Waals surface area contributed by atoms with Crippen LogP contribution < -0.4 is 15.5 Å². The van der Waals surface area contributed by atoms with Gasteiger partial charge in [0, 0.05) is 12.6 Å². The number of ether oxygens (including phenoxy) is 1. The molecule has 0 saturated heterocycles. The van der Waals surface area contributed by atoms with Crippen LogP contribution in [-0.4, -0.2) is 27.0 Å². The van der Waals surface area contributed by atoms with Crippen LogP contribution in [0.2, 0.25) is 6.82 Å². The van der Waals surface area contributed by atoms with Gasteiger partial charge in [0.1, 0.15) is 5.75 Å². The number of hydrogen-bond acceptors (Lipinski definition) is 2. The van der Waals surface area contributed by atoms with Gasteiger partial charge in [-0.2, -0.15) is 0 Å². The monoisotopic (exact) mass is 230 g/mol. The van der Waals surface area contributed by atoms with Gasteiger partial charge in [0.05, 0.1) is 7.11 Å². The lowest BCUT2D eigenvalue weighted by Crippen LogP contribution is -2.28. The fraction of sp³-hybridized carbons (Fsp3) is 0.571. The number of hydrogen-bond donors (Lipinski definition) is 1. The quantitative estimate of drug-likeness (QED) is 0.781. The molecule has 0 spiro atoms. The average Bonchev–Trinajstić information content (AvgIpc) is 2.47. The number of nitrogens with one attached hydrogen (secondary N) is 1. The topological polar surface area (TPSA) is 21.3 Å². The molecule has 0 fully saturated rings. The molecular weight excluding hydrogens is 209 g/mol. The maximum atomic E-state index is 5.46. The van der Waals surface area contributed by atoms with Crippen LogP contribution in [0.3, 0.4) is 0 Å². The molecule has 3 heteroatoms. The lowest BCUT2D eigenvalue weighted by atomic mass is 9.71. The Morgan fingerprint density at radius 1 is 1.35 bits per heavy atom. The number of methoxy groups -OCH3 is 1. The first-order valence-corrected chi connectivity index (χ1v) is 6.39. The molecule has 1 aliphatic heterocycles. The van der Waals surface area contributed by atoms with Crippen LogP contribution in [0.5, 0.6) is 5.75 Å². The van der Waals surface area contributed by atoms with Crippen molar-refractivity contribution in [3.63, 3.8) is 0 Å². The van der Waals surface area contributed by atoms with E-state index in [9.17, 15) is 0 Å². The average molecular weight is 230 g/mol. The summed E-state index contributed by atoms with van der Waals surface area (Å²) in [5.74, 6) is 1.56. The molecule has 91 valence electrons. The van der Waals surface area contributed by atoms with Crippen molar-refractivity contribution in [2.45, 2.75) is 39.1 Å². The second kappa shape index (κ2) is 5.13. The largest absolute Gasteiger partial charge is 0.497 e. The van der Waals surface area contributed by atoms with Gasteiger partial charge in [-0.15, -0.1) is 0 Å². The van der Waals surface area contributed by atoms with Gasteiger partial charge in [-0.3, -0.25) is 0 Å². The van der Waals surface area contributed by atoms with Crippen molar-refractivity contribution in [3.05, 3.63) is 23.3 Å². The molecule has 1 N–H and O–H groups in total. The highest BCUT2D eigenvalue weighted by Crippen LogP contribution is 2.26. The van der Waals surface area contributed by atoms with Gasteiger partial charge in [0.2, 0.25) is 0 Å². The minimum atomic E-state index is 0.542. The molecule has 17 heavy (non-hydrogen) atoms. The van der Waals surface area contributed by atoms with Crippen LogP contribution in [0.4, 0.5) is 0 Å². The maximum absolute atomic E-state index is 5.46. The number of rotatable bonds is 2. The molecule has 2 rings (SSSR count). The van der Waals surface area contributed by atoms with Crippen molar-refractivity contribution < 1.29 is 4.74 Å². The van der Waals surface area contributed by atoms with E-state index >= 15 is 0 Å². The summed E-state index contributed by atoms with van der Waals surface area (Å²) in [4.78, 5) is 0. The third kappa shape index (κ3) is 2.49. The zero-order valence-corrected chi connectivity index (χ0v) is 11.2. The van der Waals surface area contributed by atoms with E-state index in [1.807, 2.05) is 0 Å². The number of fused-ring (bicyclic) bond motifs is 1. The summed E-state index contributed by atoms with van der Waals surface area (Å²) in [6.45, 7) is 7.65. The smallest absolute Gasteiger partial charge is 0.153 e. The van der Waals surface area contributed by atoms with Gasteiger partial charge in [0.25, 0.3) is 0 Å². The molecule has 1 aromatic rings. The van der Waals surface area contributed by atoms with Crippen LogP contribution in [0.15, 0.2) is 12.1 Å². The first-order chi connectivity index (χ1) is 8.15. The van der Waals surface area contributed by atoms with E-state index in [0.717, 1.165) is 18.7 Å². The highest BCUT2D eigenvalue weighted by molar-refractivity contribution is 6.53. The van der Waals surface area contributed by atoms with Gasteiger partial charge in [0.15, 0.2) is 7.28 Å². The molecule has 0 aromatic heterocycles. The zero-order valence-electron chi connectivity index (χ0n) is 11.2. The third-order valence-electron chi connectivity index (χ3n) is 3.63. The van der Waals surface area contributed by atoms with Gasteiger partial charge in [-0.1, -0.05) is 19.8 Å². The van der Waals surface area contributed by atoms with Gasteiger partial charge in [-0.25, -0.2) is 0 Å². The van der Waals surface area contributed by atoms with Crippen LogP contribution in [0, 0.1) is 0 Å². The molecule has 2 atom stereocenters. The summed E-state index contributed by atoms with van der Waals surface area (Å²) in [6.07, 6.45) is 1.08. The van der Waals surface area contributed by atoms with Crippen LogP contribution in [0.1, 0.15) is 30.9 Å². The fourth-order valence-electron chi connectivity index (χ4n) is 2.58. The summed E-state index contributed by atoms with van der Waals surface area (Å²) in [5, 5.41) is 3.57. The standard InChI is InChI=1S/C14H21BNO/c1-9-8-16-10(2)5-11-6-14(17-4)13(15-3)7-12(9)11/h6-7,9-10,16H,5,8H2,1-4H3. The molecule has 1 aliphatic rings. The van der Waals surface area contributed by atoms with Gasteiger partial charge in [-0.05, 0) is 41.9 Å². The lowest BCUT2D eigenvalue weighted by molar-refractivity contribution is 0.417. The van der Waals surface area contributed by atoms with Crippen molar-refractivity contribution >= 4 is 12.7 Å². The summed E-state index contributed by atoms with van der Waals surface area (Å²) >= 11 is 0. The lowest BCUT2D eigenvalue weighted by Gasteiger charge is -2.16. The molecule has 0 bridgehead atoms. The summed E-state index contributed by atoms with van der Waals surface area (Å²) in [5.41, 5.74) is 4.10. The molecule has 1 aromatic carbocycles. The third-order valence-corrected chi connectivity index (χ3v) is 3.63. The molecule has 2 nitrogen and oxygen atoms in total. The Morgan fingerprint density at radius 3 is 2.76 bits per heavy atom. The highest BCUT2D eigenvalue weighted by Gasteiger charge is 2.20. The van der Waals surface area contributed by atoms with E-state index in [4.69, 9.17) is 4.74 Å². The van der Waals surface area contributed by atoms with Crippen molar-refractivity contribution in [2.24, 2.45) is 0 Å². The van der Waals surface area contributed by atoms with E-state index in [1.165, 1.54) is 16.6 Å². The summed E-state index contributed by atoms with van der Waals surface area (Å²) in [7, 11) is 3.87. The second-order valence-corrected chi connectivity index (χ2v) is 5.00. The van der Waals surface area contributed by atoms with E-state index in [-0.39, 0.29) is 0 Å². The normalized spacial score (nSPS) is 23.8. The van der Waals surface area contributed by atoms with Crippen molar-refractivity contribution in [1.29, 1.82) is 0 Å². The van der Waals surface area contributed by atoms with Crippen molar-refractivity contribution in [2.75, 3.05) is 13.7 Å². The Balaban J connectivity index is 2.48.